The third-order valence-corrected chi connectivity index (χ3v) is 4.60. The summed E-state index contributed by atoms with van der Waals surface area (Å²) in [5.74, 6) is -0.341. The molecular weight excluding hydrogens is 278 g/mol. The van der Waals surface area contributed by atoms with Gasteiger partial charge >= 0.3 is 0 Å². The first-order valence-corrected chi connectivity index (χ1v) is 7.66. The summed E-state index contributed by atoms with van der Waals surface area (Å²) in [5.41, 5.74) is 0.385. The van der Waals surface area contributed by atoms with Gasteiger partial charge in [-0.1, -0.05) is 6.92 Å². The Morgan fingerprint density at radius 2 is 1.90 bits per heavy atom. The van der Waals surface area contributed by atoms with Crippen LogP contribution in [0, 0.1) is 11.3 Å². The van der Waals surface area contributed by atoms with Gasteiger partial charge in [-0.15, -0.1) is 0 Å². The lowest BCUT2D eigenvalue weighted by Crippen LogP contribution is -2.40. The number of sulfonamides is 1. The lowest BCUT2D eigenvalue weighted by Gasteiger charge is -2.19. The molecule has 0 aliphatic rings. The van der Waals surface area contributed by atoms with Gasteiger partial charge in [-0.3, -0.25) is 4.79 Å². The van der Waals surface area contributed by atoms with Gasteiger partial charge in [-0.05, 0) is 31.2 Å². The number of nitriles is 1. The molecular formula is C13H17N3O3S. The molecule has 0 unspecified atom stereocenters. The van der Waals surface area contributed by atoms with Crippen molar-refractivity contribution in [1.82, 2.24) is 9.62 Å². The number of nitrogens with zero attached hydrogens (tertiary/aromatic N) is 2. The van der Waals surface area contributed by atoms with Crippen molar-refractivity contribution >= 4 is 15.9 Å². The molecule has 0 heterocycles. The van der Waals surface area contributed by atoms with Crippen molar-refractivity contribution in [2.45, 2.75) is 18.7 Å². The molecule has 1 aromatic carbocycles. The van der Waals surface area contributed by atoms with Crippen LogP contribution in [-0.4, -0.2) is 38.3 Å². The zero-order valence-corrected chi connectivity index (χ0v) is 12.3. The van der Waals surface area contributed by atoms with E-state index >= 15 is 0 Å². The number of nitrogens with one attached hydrogen (secondary N) is 1. The Kier molecular flexibility index (Phi) is 5.67. The van der Waals surface area contributed by atoms with Gasteiger partial charge in [0.25, 0.3) is 0 Å². The van der Waals surface area contributed by atoms with Gasteiger partial charge in [0.2, 0.25) is 15.9 Å². The van der Waals surface area contributed by atoms with Gasteiger partial charge in [-0.2, -0.15) is 9.57 Å². The summed E-state index contributed by atoms with van der Waals surface area (Å²) in [7, 11) is -3.73. The van der Waals surface area contributed by atoms with E-state index in [0.717, 1.165) is 4.31 Å². The number of benzene rings is 1. The maximum atomic E-state index is 12.4. The van der Waals surface area contributed by atoms with Crippen LogP contribution in [0.15, 0.2) is 29.2 Å². The first-order valence-electron chi connectivity index (χ1n) is 6.22. The standard InChI is InChI=1S/C13H17N3O3S/c1-3-15-13(17)10-16(4-2)20(18,19)12-7-5-11(9-14)6-8-12/h5-8H,3-4,10H2,1-2H3,(H,15,17). The van der Waals surface area contributed by atoms with Crippen molar-refractivity contribution in [2.24, 2.45) is 0 Å². The van der Waals surface area contributed by atoms with Gasteiger partial charge in [0.1, 0.15) is 0 Å². The minimum atomic E-state index is -3.73. The van der Waals surface area contributed by atoms with E-state index in [1.807, 2.05) is 6.07 Å². The van der Waals surface area contributed by atoms with Crippen LogP contribution < -0.4 is 5.32 Å². The molecule has 1 rings (SSSR count). The molecule has 7 heteroatoms. The first-order chi connectivity index (χ1) is 9.45. The number of likely N-dealkylation sites (N-methyl/N-ethyl adjacent to an activating group) is 2. The minimum Gasteiger partial charge on any atom is -0.355 e. The van der Waals surface area contributed by atoms with Crippen LogP contribution in [0.3, 0.4) is 0 Å². The maximum absolute atomic E-state index is 12.4. The van der Waals surface area contributed by atoms with Gasteiger partial charge in [0, 0.05) is 13.1 Å². The molecule has 0 spiro atoms. The average molecular weight is 295 g/mol. The Bertz CT molecular complexity index is 603. The van der Waals surface area contributed by atoms with E-state index < -0.39 is 10.0 Å². The van der Waals surface area contributed by atoms with E-state index in [1.165, 1.54) is 24.3 Å². The molecule has 0 aliphatic heterocycles. The Labute approximate surface area is 119 Å². The fraction of sp³-hybridized carbons (Fsp3) is 0.385. The molecule has 0 atom stereocenters. The van der Waals surface area contributed by atoms with Crippen LogP contribution in [0.2, 0.25) is 0 Å². The van der Waals surface area contributed by atoms with Crippen molar-refractivity contribution in [2.75, 3.05) is 19.6 Å². The Morgan fingerprint density at radius 3 is 2.35 bits per heavy atom. The number of carbonyl (C=O) groups excluding carboxylic acids is 1. The van der Waals surface area contributed by atoms with E-state index in [4.69, 9.17) is 5.26 Å². The van der Waals surface area contributed by atoms with Crippen molar-refractivity contribution in [1.29, 1.82) is 5.26 Å². The molecule has 1 aromatic rings. The van der Waals surface area contributed by atoms with E-state index in [0.29, 0.717) is 12.1 Å². The van der Waals surface area contributed by atoms with Gasteiger partial charge in [-0.25, -0.2) is 8.42 Å². The molecule has 20 heavy (non-hydrogen) atoms. The zero-order valence-electron chi connectivity index (χ0n) is 11.5. The highest BCUT2D eigenvalue weighted by Gasteiger charge is 2.24. The highest BCUT2D eigenvalue weighted by Crippen LogP contribution is 2.15. The summed E-state index contributed by atoms with van der Waals surface area (Å²) in [6.45, 7) is 3.86. The highest BCUT2D eigenvalue weighted by molar-refractivity contribution is 7.89. The number of amides is 1. The summed E-state index contributed by atoms with van der Waals surface area (Å²) in [4.78, 5) is 11.6. The second-order valence-electron chi connectivity index (χ2n) is 4.02. The van der Waals surface area contributed by atoms with E-state index in [-0.39, 0.29) is 23.9 Å². The van der Waals surface area contributed by atoms with E-state index in [1.54, 1.807) is 13.8 Å². The molecule has 1 N–H and O–H groups in total. The van der Waals surface area contributed by atoms with Gasteiger partial charge in [0.05, 0.1) is 23.1 Å². The molecule has 0 saturated heterocycles. The quantitative estimate of drug-likeness (QED) is 0.836. The Balaban J connectivity index is 2.99. The number of rotatable bonds is 6. The molecule has 0 radical (unpaired) electrons. The fourth-order valence-corrected chi connectivity index (χ4v) is 3.04. The van der Waals surface area contributed by atoms with Crippen LogP contribution in [0.4, 0.5) is 0 Å². The zero-order chi connectivity index (χ0) is 15.2. The largest absolute Gasteiger partial charge is 0.355 e. The predicted molar refractivity (Wildman–Crippen MR) is 74.3 cm³/mol. The molecule has 0 aliphatic carbocycles. The molecule has 0 aromatic heterocycles. The highest BCUT2D eigenvalue weighted by atomic mass is 32.2. The third kappa shape index (κ3) is 3.79. The molecule has 0 fully saturated rings. The molecule has 0 bridgehead atoms. The lowest BCUT2D eigenvalue weighted by atomic mass is 10.2. The molecule has 1 amide bonds. The first kappa shape index (κ1) is 16.1. The minimum absolute atomic E-state index is 0.0719. The topological polar surface area (TPSA) is 90.3 Å². The monoisotopic (exact) mass is 295 g/mol. The number of hydrogen-bond acceptors (Lipinski definition) is 4. The van der Waals surface area contributed by atoms with Crippen LogP contribution in [0.1, 0.15) is 19.4 Å². The lowest BCUT2D eigenvalue weighted by molar-refractivity contribution is -0.121. The summed E-state index contributed by atoms with van der Waals surface area (Å²) in [6, 6.07) is 7.54. The second kappa shape index (κ2) is 7.03. The van der Waals surface area contributed by atoms with Crippen molar-refractivity contribution in [3.8, 4) is 6.07 Å². The Morgan fingerprint density at radius 1 is 1.30 bits per heavy atom. The van der Waals surface area contributed by atoms with Crippen molar-refractivity contribution < 1.29 is 13.2 Å². The molecule has 108 valence electrons. The van der Waals surface area contributed by atoms with Crippen molar-refractivity contribution in [3.05, 3.63) is 29.8 Å². The van der Waals surface area contributed by atoms with Crippen LogP contribution >= 0.6 is 0 Å². The average Bonchev–Trinajstić information content (AvgIpc) is 2.45. The van der Waals surface area contributed by atoms with Gasteiger partial charge in [0.15, 0.2) is 0 Å². The van der Waals surface area contributed by atoms with E-state index in [9.17, 15) is 13.2 Å². The Hall–Kier alpha value is -1.91. The second-order valence-corrected chi connectivity index (χ2v) is 5.96. The SMILES string of the molecule is CCNC(=O)CN(CC)S(=O)(=O)c1ccc(C#N)cc1. The number of hydrogen-bond donors (Lipinski definition) is 1. The van der Waals surface area contributed by atoms with Crippen LogP contribution in [-0.2, 0) is 14.8 Å². The predicted octanol–water partition coefficient (Wildman–Crippen LogP) is 0.705. The number of carbonyl (C=O) groups is 1. The molecule has 0 saturated carbocycles. The summed E-state index contributed by atoms with van der Waals surface area (Å²) in [6.07, 6.45) is 0. The third-order valence-electron chi connectivity index (χ3n) is 2.67. The summed E-state index contributed by atoms with van der Waals surface area (Å²) < 4.78 is 25.8. The smallest absolute Gasteiger partial charge is 0.243 e. The van der Waals surface area contributed by atoms with E-state index in [2.05, 4.69) is 5.32 Å². The maximum Gasteiger partial charge on any atom is 0.243 e. The van der Waals surface area contributed by atoms with Gasteiger partial charge < -0.3 is 5.32 Å². The van der Waals surface area contributed by atoms with Crippen LogP contribution in [0.5, 0.6) is 0 Å². The normalized spacial score (nSPS) is 11.1. The fourth-order valence-electron chi connectivity index (χ4n) is 1.63. The van der Waals surface area contributed by atoms with Crippen LogP contribution in [0.25, 0.3) is 0 Å². The molecule has 6 nitrogen and oxygen atoms in total. The summed E-state index contributed by atoms with van der Waals surface area (Å²) in [5, 5.41) is 11.3. The van der Waals surface area contributed by atoms with Crippen molar-refractivity contribution in [3.63, 3.8) is 0 Å². The summed E-state index contributed by atoms with van der Waals surface area (Å²) >= 11 is 0.